The lowest BCUT2D eigenvalue weighted by Crippen LogP contribution is -2.63. The average molecular weight is 434 g/mol. The Bertz CT molecular complexity index is 1010. The fourth-order valence-corrected chi connectivity index (χ4v) is 4.80. The van der Waals surface area contributed by atoms with E-state index in [1.54, 1.807) is 13.0 Å². The average Bonchev–Trinajstić information content (AvgIpc) is 3.33. The highest BCUT2D eigenvalue weighted by Crippen LogP contribution is 2.57. The number of pyridine rings is 1. The molecule has 1 spiro atoms. The van der Waals surface area contributed by atoms with Crippen LogP contribution in [0.5, 0.6) is 5.88 Å². The Kier molecular flexibility index (Phi) is 4.40. The molecular weight excluding hydrogens is 409 g/mol. The fraction of sp³-hybridized carbons (Fsp3) is 0.591. The Labute approximate surface area is 178 Å². The van der Waals surface area contributed by atoms with Crippen LogP contribution in [-0.4, -0.2) is 51.4 Å². The molecule has 0 N–H and O–H groups in total. The summed E-state index contributed by atoms with van der Waals surface area (Å²) in [6.45, 7) is 4.73. The summed E-state index contributed by atoms with van der Waals surface area (Å²) in [5.41, 5.74) is 0.596. The zero-order valence-corrected chi connectivity index (χ0v) is 17.6. The number of aromatic nitrogens is 3. The van der Waals surface area contributed by atoms with Gasteiger partial charge in [-0.15, -0.1) is 0 Å². The molecule has 31 heavy (non-hydrogen) atoms. The Morgan fingerprint density at radius 3 is 2.48 bits per heavy atom. The first-order chi connectivity index (χ1) is 14.6. The van der Waals surface area contributed by atoms with E-state index in [2.05, 4.69) is 16.3 Å². The van der Waals surface area contributed by atoms with Crippen molar-refractivity contribution in [2.24, 2.45) is 10.8 Å². The number of likely N-dealkylation sites (tertiary alicyclic amines) is 1. The van der Waals surface area contributed by atoms with E-state index in [4.69, 9.17) is 4.74 Å². The predicted molar refractivity (Wildman–Crippen MR) is 106 cm³/mol. The maximum atomic E-state index is 13.1. The van der Waals surface area contributed by atoms with Crippen LogP contribution in [0.3, 0.4) is 0 Å². The summed E-state index contributed by atoms with van der Waals surface area (Å²) in [5.74, 6) is 0.0589. The molecule has 5 rings (SSSR count). The van der Waals surface area contributed by atoms with E-state index in [0.717, 1.165) is 18.4 Å². The number of carbonyl (C=O) groups is 1. The van der Waals surface area contributed by atoms with Crippen molar-refractivity contribution in [3.05, 3.63) is 41.3 Å². The van der Waals surface area contributed by atoms with Crippen LogP contribution in [0.25, 0.3) is 0 Å². The summed E-state index contributed by atoms with van der Waals surface area (Å²) in [4.78, 5) is 18.7. The van der Waals surface area contributed by atoms with Crippen LogP contribution in [0.15, 0.2) is 24.7 Å². The number of hydrogen-bond donors (Lipinski definition) is 0. The van der Waals surface area contributed by atoms with E-state index in [1.165, 1.54) is 6.20 Å². The summed E-state index contributed by atoms with van der Waals surface area (Å²) in [5, 5.41) is 4.38. The Morgan fingerprint density at radius 2 is 1.94 bits per heavy atom. The molecule has 1 saturated heterocycles. The second-order valence-electron chi connectivity index (χ2n) is 9.63. The third kappa shape index (κ3) is 3.47. The molecule has 1 aliphatic heterocycles. The molecule has 3 heterocycles. The van der Waals surface area contributed by atoms with Crippen LogP contribution in [0.1, 0.15) is 53.2 Å². The van der Waals surface area contributed by atoms with Crippen molar-refractivity contribution in [3.63, 3.8) is 0 Å². The zero-order valence-electron chi connectivity index (χ0n) is 17.6. The standard InChI is InChI=1S/C22H25F3N4O2/c1-14-8-27-29(10-14)17-6-20(7-17)11-28(12-20)19(30)16-5-15(2)18(26-9-16)31-13-21(3-4-21)22(23,24)25/h5,8-10,17H,3-4,6-7,11-13H2,1-2H3. The minimum absolute atomic E-state index is 0.0870. The van der Waals surface area contributed by atoms with E-state index >= 15 is 0 Å². The predicted octanol–water partition coefficient (Wildman–Crippen LogP) is 4.09. The van der Waals surface area contributed by atoms with Crippen LogP contribution < -0.4 is 4.74 Å². The van der Waals surface area contributed by atoms with Gasteiger partial charge in [0.15, 0.2) is 0 Å². The van der Waals surface area contributed by atoms with Gasteiger partial charge in [0.1, 0.15) is 12.0 Å². The molecule has 0 unspecified atom stereocenters. The molecule has 6 nitrogen and oxygen atoms in total. The van der Waals surface area contributed by atoms with Crippen LogP contribution in [0.2, 0.25) is 0 Å². The smallest absolute Gasteiger partial charge is 0.397 e. The van der Waals surface area contributed by atoms with Crippen LogP contribution >= 0.6 is 0 Å². The number of halogens is 3. The third-order valence-electron chi connectivity index (χ3n) is 7.00. The number of carbonyl (C=O) groups excluding carboxylic acids is 1. The van der Waals surface area contributed by atoms with Gasteiger partial charge in [0, 0.05) is 36.5 Å². The molecule has 2 saturated carbocycles. The molecule has 2 aromatic rings. The van der Waals surface area contributed by atoms with Gasteiger partial charge < -0.3 is 9.64 Å². The van der Waals surface area contributed by atoms with Gasteiger partial charge in [0.25, 0.3) is 5.91 Å². The van der Waals surface area contributed by atoms with Gasteiger partial charge in [0.2, 0.25) is 5.88 Å². The summed E-state index contributed by atoms with van der Waals surface area (Å²) in [6.07, 6.45) is 3.26. The fourth-order valence-electron chi connectivity index (χ4n) is 4.80. The van der Waals surface area contributed by atoms with Gasteiger partial charge in [0.05, 0.1) is 17.8 Å². The zero-order chi connectivity index (χ0) is 22.0. The van der Waals surface area contributed by atoms with E-state index in [9.17, 15) is 18.0 Å². The SMILES string of the molecule is Cc1cnn(C2CC3(C2)CN(C(=O)c2cnc(OCC4(C(F)(F)F)CC4)c(C)c2)C3)c1. The van der Waals surface area contributed by atoms with Crippen molar-refractivity contribution in [3.8, 4) is 5.88 Å². The van der Waals surface area contributed by atoms with Crippen molar-refractivity contribution in [1.29, 1.82) is 0 Å². The first-order valence-electron chi connectivity index (χ1n) is 10.6. The lowest BCUT2D eigenvalue weighted by Gasteiger charge is -2.58. The molecule has 0 bridgehead atoms. The summed E-state index contributed by atoms with van der Waals surface area (Å²) >= 11 is 0. The van der Waals surface area contributed by atoms with Crippen LogP contribution in [0, 0.1) is 24.7 Å². The minimum atomic E-state index is -4.26. The number of aryl methyl sites for hydroxylation is 2. The lowest BCUT2D eigenvalue weighted by atomic mass is 9.60. The van der Waals surface area contributed by atoms with Crippen molar-refractivity contribution in [2.45, 2.75) is 51.7 Å². The van der Waals surface area contributed by atoms with E-state index in [1.807, 2.05) is 22.7 Å². The van der Waals surface area contributed by atoms with Crippen molar-refractivity contribution in [1.82, 2.24) is 19.7 Å². The topological polar surface area (TPSA) is 60.2 Å². The largest absolute Gasteiger partial charge is 0.477 e. The van der Waals surface area contributed by atoms with E-state index in [0.29, 0.717) is 30.3 Å². The van der Waals surface area contributed by atoms with Gasteiger partial charge in [-0.2, -0.15) is 18.3 Å². The first-order valence-corrected chi connectivity index (χ1v) is 10.6. The van der Waals surface area contributed by atoms with Crippen molar-refractivity contribution < 1.29 is 22.7 Å². The van der Waals surface area contributed by atoms with Gasteiger partial charge in [-0.3, -0.25) is 9.48 Å². The van der Waals surface area contributed by atoms with Crippen molar-refractivity contribution >= 4 is 5.91 Å². The molecular formula is C22H25F3N4O2. The number of nitrogens with zero attached hydrogens (tertiary/aromatic N) is 4. The summed E-state index contributed by atoms with van der Waals surface area (Å²) in [6, 6.07) is 2.05. The molecule has 0 radical (unpaired) electrons. The second-order valence-corrected chi connectivity index (χ2v) is 9.63. The van der Waals surface area contributed by atoms with Gasteiger partial charge in [-0.25, -0.2) is 4.98 Å². The summed E-state index contributed by atoms with van der Waals surface area (Å²) in [7, 11) is 0. The maximum absolute atomic E-state index is 13.1. The second kappa shape index (κ2) is 6.71. The molecule has 9 heteroatoms. The maximum Gasteiger partial charge on any atom is 0.397 e. The quantitative estimate of drug-likeness (QED) is 0.711. The monoisotopic (exact) mass is 434 g/mol. The highest BCUT2D eigenvalue weighted by molar-refractivity contribution is 5.94. The molecule has 3 fully saturated rings. The lowest BCUT2D eigenvalue weighted by molar-refractivity contribution is -0.194. The number of hydrogen-bond acceptors (Lipinski definition) is 4. The van der Waals surface area contributed by atoms with Gasteiger partial charge >= 0.3 is 6.18 Å². The van der Waals surface area contributed by atoms with E-state index in [-0.39, 0.29) is 30.0 Å². The normalized spacial score (nSPS) is 21.5. The van der Waals surface area contributed by atoms with Gasteiger partial charge in [-0.1, -0.05) is 0 Å². The summed E-state index contributed by atoms with van der Waals surface area (Å²) < 4.78 is 46.6. The van der Waals surface area contributed by atoms with E-state index < -0.39 is 18.2 Å². The Balaban J connectivity index is 1.16. The van der Waals surface area contributed by atoms with Gasteiger partial charge in [-0.05, 0) is 51.2 Å². The van der Waals surface area contributed by atoms with Crippen molar-refractivity contribution in [2.75, 3.05) is 19.7 Å². The highest BCUT2D eigenvalue weighted by Gasteiger charge is 2.64. The van der Waals surface area contributed by atoms with Crippen LogP contribution in [-0.2, 0) is 0 Å². The minimum Gasteiger partial charge on any atom is -0.477 e. The molecule has 1 amide bonds. The molecule has 0 aromatic carbocycles. The third-order valence-corrected chi connectivity index (χ3v) is 7.00. The molecule has 2 aromatic heterocycles. The highest BCUT2D eigenvalue weighted by atomic mass is 19.4. The number of alkyl halides is 3. The Hall–Kier alpha value is -2.58. The number of rotatable bonds is 5. The molecule has 0 atom stereocenters. The first kappa shape index (κ1) is 20.3. The molecule has 2 aliphatic carbocycles. The number of ether oxygens (including phenoxy) is 1. The number of amides is 1. The molecule has 166 valence electrons. The molecule has 3 aliphatic rings. The van der Waals surface area contributed by atoms with Crippen LogP contribution in [0.4, 0.5) is 13.2 Å². The Morgan fingerprint density at radius 1 is 1.23 bits per heavy atom.